The topological polar surface area (TPSA) is 120 Å². The average molecular weight is 350 g/mol. The van der Waals surface area contributed by atoms with Gasteiger partial charge in [-0.2, -0.15) is 0 Å². The van der Waals surface area contributed by atoms with Crippen LogP contribution in [0.5, 0.6) is 0 Å². The first-order valence-electron chi connectivity index (χ1n) is 7.49. The van der Waals surface area contributed by atoms with E-state index in [1.54, 1.807) is 23.7 Å². The third-order valence-electron chi connectivity index (χ3n) is 3.48. The third kappa shape index (κ3) is 4.74. The van der Waals surface area contributed by atoms with Crippen LogP contribution in [-0.4, -0.2) is 34.6 Å². The second-order valence-electron chi connectivity index (χ2n) is 5.27. The van der Waals surface area contributed by atoms with Gasteiger partial charge in [-0.05, 0) is 43.3 Å². The number of thiocarbonyl (C=S) groups is 1. The minimum atomic E-state index is -0.413. The molecule has 0 bridgehead atoms. The summed E-state index contributed by atoms with van der Waals surface area (Å²) in [5.41, 5.74) is 2.90. The van der Waals surface area contributed by atoms with Gasteiger partial charge in [-0.25, -0.2) is 5.48 Å². The first kappa shape index (κ1) is 17.8. The van der Waals surface area contributed by atoms with Crippen LogP contribution < -0.4 is 21.4 Å². The van der Waals surface area contributed by atoms with Crippen molar-refractivity contribution >= 4 is 40.7 Å². The lowest BCUT2D eigenvalue weighted by Gasteiger charge is -2.11. The van der Waals surface area contributed by atoms with Gasteiger partial charge < -0.3 is 10.6 Å². The SMILES string of the molecule is O=C(CCCCCNC(=S)Nc1ccc2c(c1)C(=O)NC2=O)NO. The Morgan fingerprint density at radius 1 is 1.12 bits per heavy atom. The van der Waals surface area contributed by atoms with E-state index >= 15 is 0 Å². The number of hydrogen-bond donors (Lipinski definition) is 5. The van der Waals surface area contributed by atoms with Crippen molar-refractivity contribution < 1.29 is 19.6 Å². The van der Waals surface area contributed by atoms with E-state index in [9.17, 15) is 14.4 Å². The van der Waals surface area contributed by atoms with Crippen molar-refractivity contribution in [1.82, 2.24) is 16.1 Å². The van der Waals surface area contributed by atoms with Gasteiger partial charge in [0.1, 0.15) is 0 Å². The first-order valence-corrected chi connectivity index (χ1v) is 7.89. The van der Waals surface area contributed by atoms with E-state index in [0.717, 1.165) is 12.8 Å². The first-order chi connectivity index (χ1) is 11.5. The Kier molecular flexibility index (Phi) is 6.21. The summed E-state index contributed by atoms with van der Waals surface area (Å²) in [7, 11) is 0. The predicted octanol–water partition coefficient (Wildman–Crippen LogP) is 0.922. The van der Waals surface area contributed by atoms with E-state index < -0.39 is 11.8 Å². The molecule has 2 rings (SSSR count). The molecule has 0 aromatic heterocycles. The molecular weight excluding hydrogens is 332 g/mol. The van der Waals surface area contributed by atoms with Gasteiger partial charge in [0.2, 0.25) is 5.91 Å². The fraction of sp³-hybridized carbons (Fsp3) is 0.333. The second-order valence-corrected chi connectivity index (χ2v) is 5.68. The Bertz CT molecular complexity index is 677. The number of unbranched alkanes of at least 4 members (excludes halogenated alkanes) is 2. The maximum absolute atomic E-state index is 11.6. The molecule has 0 aliphatic carbocycles. The number of fused-ring (bicyclic) bond motifs is 1. The number of nitrogens with one attached hydrogen (secondary N) is 4. The maximum atomic E-state index is 11.6. The molecule has 0 saturated heterocycles. The number of hydroxylamine groups is 1. The van der Waals surface area contributed by atoms with Gasteiger partial charge in [-0.15, -0.1) is 0 Å². The smallest absolute Gasteiger partial charge is 0.259 e. The molecule has 0 unspecified atom stereocenters. The van der Waals surface area contributed by atoms with Gasteiger partial charge in [0.15, 0.2) is 5.11 Å². The van der Waals surface area contributed by atoms with Crippen LogP contribution in [0.25, 0.3) is 0 Å². The highest BCUT2D eigenvalue weighted by atomic mass is 32.1. The molecule has 0 fully saturated rings. The van der Waals surface area contributed by atoms with E-state index in [1.165, 1.54) is 0 Å². The number of anilines is 1. The molecule has 0 spiro atoms. The Labute approximate surface area is 144 Å². The summed E-state index contributed by atoms with van der Waals surface area (Å²) in [4.78, 5) is 33.9. The van der Waals surface area contributed by atoms with Gasteiger partial charge in [-0.1, -0.05) is 6.42 Å². The number of imide groups is 1. The van der Waals surface area contributed by atoms with E-state index in [1.807, 2.05) is 0 Å². The molecule has 0 atom stereocenters. The highest BCUT2D eigenvalue weighted by Gasteiger charge is 2.26. The quantitative estimate of drug-likeness (QED) is 0.163. The van der Waals surface area contributed by atoms with E-state index in [4.69, 9.17) is 17.4 Å². The molecule has 1 aliphatic rings. The van der Waals surface area contributed by atoms with Crippen molar-refractivity contribution in [2.75, 3.05) is 11.9 Å². The molecule has 0 saturated carbocycles. The Morgan fingerprint density at radius 3 is 2.62 bits per heavy atom. The number of hydrogen-bond acceptors (Lipinski definition) is 5. The maximum Gasteiger partial charge on any atom is 0.259 e. The van der Waals surface area contributed by atoms with Crippen LogP contribution in [0.3, 0.4) is 0 Å². The Balaban J connectivity index is 1.72. The lowest BCUT2D eigenvalue weighted by molar-refractivity contribution is -0.129. The summed E-state index contributed by atoms with van der Waals surface area (Å²) >= 11 is 5.17. The molecule has 1 aliphatic heterocycles. The second kappa shape index (κ2) is 8.37. The monoisotopic (exact) mass is 350 g/mol. The summed E-state index contributed by atoms with van der Waals surface area (Å²) in [5, 5.41) is 17.0. The van der Waals surface area contributed by atoms with E-state index in [-0.39, 0.29) is 12.3 Å². The Morgan fingerprint density at radius 2 is 1.88 bits per heavy atom. The van der Waals surface area contributed by atoms with Crippen molar-refractivity contribution in [3.63, 3.8) is 0 Å². The fourth-order valence-electron chi connectivity index (χ4n) is 2.27. The molecule has 3 amide bonds. The molecule has 128 valence electrons. The van der Waals surface area contributed by atoms with Crippen molar-refractivity contribution in [3.05, 3.63) is 29.3 Å². The fourth-order valence-corrected chi connectivity index (χ4v) is 2.49. The van der Waals surface area contributed by atoms with Crippen LogP contribution in [0.4, 0.5) is 5.69 Å². The van der Waals surface area contributed by atoms with E-state index in [2.05, 4.69) is 16.0 Å². The summed E-state index contributed by atoms with van der Waals surface area (Å²) < 4.78 is 0. The van der Waals surface area contributed by atoms with Crippen LogP contribution in [0.15, 0.2) is 18.2 Å². The average Bonchev–Trinajstić information content (AvgIpc) is 2.84. The van der Waals surface area contributed by atoms with Crippen molar-refractivity contribution in [2.24, 2.45) is 0 Å². The van der Waals surface area contributed by atoms with Crippen LogP contribution in [0, 0.1) is 0 Å². The number of amides is 3. The number of rotatable bonds is 7. The minimum absolute atomic E-state index is 0.287. The molecule has 0 radical (unpaired) electrons. The highest BCUT2D eigenvalue weighted by Crippen LogP contribution is 2.20. The molecule has 24 heavy (non-hydrogen) atoms. The molecular formula is C15H18N4O4S. The van der Waals surface area contributed by atoms with Crippen molar-refractivity contribution in [3.8, 4) is 0 Å². The summed E-state index contributed by atoms with van der Waals surface area (Å²) in [6, 6.07) is 4.84. The Hall–Kier alpha value is -2.52. The number of carbonyl (C=O) groups is 3. The minimum Gasteiger partial charge on any atom is -0.362 e. The van der Waals surface area contributed by atoms with Gasteiger partial charge in [0.25, 0.3) is 11.8 Å². The van der Waals surface area contributed by atoms with Crippen LogP contribution in [0.2, 0.25) is 0 Å². The van der Waals surface area contributed by atoms with Gasteiger partial charge in [0.05, 0.1) is 11.1 Å². The van der Waals surface area contributed by atoms with Gasteiger partial charge in [0, 0.05) is 18.7 Å². The summed E-state index contributed by atoms with van der Waals surface area (Å²) in [6.45, 7) is 0.635. The van der Waals surface area contributed by atoms with Crippen LogP contribution in [0.1, 0.15) is 46.4 Å². The lowest BCUT2D eigenvalue weighted by Crippen LogP contribution is -2.29. The lowest BCUT2D eigenvalue weighted by atomic mass is 10.1. The molecule has 1 aromatic rings. The van der Waals surface area contributed by atoms with Gasteiger partial charge in [-0.3, -0.25) is 24.9 Å². The van der Waals surface area contributed by atoms with Crippen LogP contribution >= 0.6 is 12.2 Å². The standard InChI is InChI=1S/C15H18N4O4S/c20-12(19-23)4-2-1-3-7-16-15(24)17-9-5-6-10-11(8-9)14(22)18-13(10)21/h5-6,8,23H,1-4,7H2,(H,19,20)(H2,16,17,24)(H,18,21,22). The number of benzene rings is 1. The van der Waals surface area contributed by atoms with E-state index in [0.29, 0.717) is 34.9 Å². The summed E-state index contributed by atoms with van der Waals surface area (Å²) in [6.07, 6.45) is 2.61. The van der Waals surface area contributed by atoms with Crippen LogP contribution in [-0.2, 0) is 4.79 Å². The molecule has 8 nitrogen and oxygen atoms in total. The summed E-state index contributed by atoms with van der Waals surface area (Å²) in [5.74, 6) is -1.19. The zero-order valence-electron chi connectivity index (χ0n) is 12.8. The normalized spacial score (nSPS) is 12.4. The molecule has 5 N–H and O–H groups in total. The zero-order valence-corrected chi connectivity index (χ0v) is 13.7. The number of carbonyl (C=O) groups excluding carboxylic acids is 3. The van der Waals surface area contributed by atoms with Crippen molar-refractivity contribution in [2.45, 2.75) is 25.7 Å². The molecule has 1 aromatic carbocycles. The highest BCUT2D eigenvalue weighted by molar-refractivity contribution is 7.80. The predicted molar refractivity (Wildman–Crippen MR) is 90.9 cm³/mol. The largest absolute Gasteiger partial charge is 0.362 e. The third-order valence-corrected chi connectivity index (χ3v) is 3.73. The van der Waals surface area contributed by atoms with Gasteiger partial charge >= 0.3 is 0 Å². The zero-order chi connectivity index (χ0) is 17.5. The van der Waals surface area contributed by atoms with Crippen molar-refractivity contribution in [1.29, 1.82) is 0 Å². The molecule has 9 heteroatoms. The molecule has 1 heterocycles.